The van der Waals surface area contributed by atoms with Gasteiger partial charge in [0.1, 0.15) is 5.75 Å². The minimum atomic E-state index is -0.141. The van der Waals surface area contributed by atoms with Crippen LogP contribution in [0.1, 0.15) is 19.4 Å². The number of carbonyl (C=O) groups is 1. The number of para-hydroxylation sites is 1. The number of aromatic hydroxyl groups is 1. The Bertz CT molecular complexity index is 379. The third-order valence-electron chi connectivity index (χ3n) is 1.86. The summed E-state index contributed by atoms with van der Waals surface area (Å²) in [6.07, 6.45) is 1.53. The summed E-state index contributed by atoms with van der Waals surface area (Å²) in [4.78, 5) is 11.3. The van der Waals surface area contributed by atoms with Crippen molar-refractivity contribution in [1.29, 1.82) is 0 Å². The zero-order chi connectivity index (χ0) is 11.3. The molecule has 1 aromatic rings. The summed E-state index contributed by atoms with van der Waals surface area (Å²) < 4.78 is 0. The SMILES string of the molecule is CC(C)=CC(=O)NCc1ccccc1O. The average Bonchev–Trinajstić information content (AvgIpc) is 2.15. The van der Waals surface area contributed by atoms with Gasteiger partial charge in [-0.2, -0.15) is 0 Å². The minimum Gasteiger partial charge on any atom is -0.508 e. The van der Waals surface area contributed by atoms with E-state index >= 15 is 0 Å². The second-order valence-corrected chi connectivity index (χ2v) is 3.57. The Hall–Kier alpha value is -1.77. The van der Waals surface area contributed by atoms with Gasteiger partial charge in [-0.15, -0.1) is 0 Å². The lowest BCUT2D eigenvalue weighted by Crippen LogP contribution is -2.20. The molecule has 0 aliphatic rings. The molecule has 0 aliphatic heterocycles. The van der Waals surface area contributed by atoms with E-state index in [2.05, 4.69) is 5.32 Å². The smallest absolute Gasteiger partial charge is 0.244 e. The van der Waals surface area contributed by atoms with Crippen LogP contribution in [0.3, 0.4) is 0 Å². The molecule has 1 aromatic carbocycles. The topological polar surface area (TPSA) is 49.3 Å². The van der Waals surface area contributed by atoms with Crippen molar-refractivity contribution in [2.45, 2.75) is 20.4 Å². The van der Waals surface area contributed by atoms with Gasteiger partial charge in [0.05, 0.1) is 0 Å². The first-order chi connectivity index (χ1) is 7.09. The Balaban J connectivity index is 2.55. The summed E-state index contributed by atoms with van der Waals surface area (Å²) in [5.41, 5.74) is 1.66. The Morgan fingerprint density at radius 3 is 2.67 bits per heavy atom. The molecule has 0 spiro atoms. The van der Waals surface area contributed by atoms with Crippen LogP contribution in [0.15, 0.2) is 35.9 Å². The largest absolute Gasteiger partial charge is 0.508 e. The van der Waals surface area contributed by atoms with Gasteiger partial charge in [0.2, 0.25) is 5.91 Å². The van der Waals surface area contributed by atoms with Crippen molar-refractivity contribution in [3.63, 3.8) is 0 Å². The lowest BCUT2D eigenvalue weighted by molar-refractivity contribution is -0.116. The molecule has 3 heteroatoms. The number of carbonyl (C=O) groups excluding carboxylic acids is 1. The van der Waals surface area contributed by atoms with Gasteiger partial charge in [-0.1, -0.05) is 23.8 Å². The molecule has 0 saturated carbocycles. The van der Waals surface area contributed by atoms with Crippen LogP contribution in [0.2, 0.25) is 0 Å². The molecule has 0 radical (unpaired) electrons. The number of hydrogen-bond donors (Lipinski definition) is 2. The number of rotatable bonds is 3. The summed E-state index contributed by atoms with van der Waals surface area (Å²) in [6, 6.07) is 6.94. The molecule has 0 atom stereocenters. The van der Waals surface area contributed by atoms with Gasteiger partial charge < -0.3 is 10.4 Å². The van der Waals surface area contributed by atoms with Crippen molar-refractivity contribution >= 4 is 5.91 Å². The van der Waals surface area contributed by atoms with E-state index in [-0.39, 0.29) is 11.7 Å². The fraction of sp³-hybridized carbons (Fsp3) is 0.250. The first-order valence-corrected chi connectivity index (χ1v) is 4.79. The van der Waals surface area contributed by atoms with Crippen LogP contribution >= 0.6 is 0 Å². The van der Waals surface area contributed by atoms with Crippen molar-refractivity contribution in [2.75, 3.05) is 0 Å². The maximum atomic E-state index is 11.3. The van der Waals surface area contributed by atoms with E-state index < -0.39 is 0 Å². The van der Waals surface area contributed by atoms with Crippen molar-refractivity contribution in [2.24, 2.45) is 0 Å². The molecular weight excluding hydrogens is 190 g/mol. The number of hydrogen-bond acceptors (Lipinski definition) is 2. The monoisotopic (exact) mass is 205 g/mol. The Kier molecular flexibility index (Phi) is 3.92. The predicted molar refractivity (Wildman–Crippen MR) is 59.4 cm³/mol. The molecular formula is C12H15NO2. The summed E-state index contributed by atoms with van der Waals surface area (Å²) in [6.45, 7) is 4.06. The summed E-state index contributed by atoms with van der Waals surface area (Å²) in [5.74, 6) is 0.0632. The van der Waals surface area contributed by atoms with Crippen LogP contribution in [0, 0.1) is 0 Å². The van der Waals surface area contributed by atoms with Crippen molar-refractivity contribution in [3.05, 3.63) is 41.5 Å². The second kappa shape index (κ2) is 5.20. The molecule has 0 heterocycles. The van der Waals surface area contributed by atoms with Crippen molar-refractivity contribution in [1.82, 2.24) is 5.32 Å². The molecule has 0 unspecified atom stereocenters. The fourth-order valence-corrected chi connectivity index (χ4v) is 1.16. The lowest BCUT2D eigenvalue weighted by atomic mass is 10.2. The van der Waals surface area contributed by atoms with Gasteiger partial charge in [-0.3, -0.25) is 4.79 Å². The Morgan fingerprint density at radius 1 is 1.40 bits per heavy atom. The van der Waals surface area contributed by atoms with Crippen LogP contribution in [-0.4, -0.2) is 11.0 Å². The molecule has 0 aliphatic carbocycles. The zero-order valence-electron chi connectivity index (χ0n) is 8.95. The highest BCUT2D eigenvalue weighted by Crippen LogP contribution is 2.14. The molecule has 3 nitrogen and oxygen atoms in total. The molecule has 2 N–H and O–H groups in total. The number of nitrogens with one attached hydrogen (secondary N) is 1. The molecule has 1 rings (SSSR count). The van der Waals surface area contributed by atoms with Crippen LogP contribution < -0.4 is 5.32 Å². The number of benzene rings is 1. The van der Waals surface area contributed by atoms with Gasteiger partial charge in [0, 0.05) is 18.2 Å². The van der Waals surface area contributed by atoms with E-state index in [9.17, 15) is 9.90 Å². The number of phenolic OH excluding ortho intramolecular Hbond substituents is 1. The van der Waals surface area contributed by atoms with Crippen LogP contribution in [0.5, 0.6) is 5.75 Å². The van der Waals surface area contributed by atoms with Gasteiger partial charge in [0.15, 0.2) is 0 Å². The molecule has 15 heavy (non-hydrogen) atoms. The molecule has 0 aromatic heterocycles. The van der Waals surface area contributed by atoms with E-state index in [0.717, 1.165) is 5.57 Å². The summed E-state index contributed by atoms with van der Waals surface area (Å²) in [7, 11) is 0. The minimum absolute atomic E-state index is 0.141. The van der Waals surface area contributed by atoms with E-state index in [1.165, 1.54) is 6.08 Å². The predicted octanol–water partition coefficient (Wildman–Crippen LogP) is 1.97. The highest BCUT2D eigenvalue weighted by Gasteiger charge is 2.00. The van der Waals surface area contributed by atoms with Crippen molar-refractivity contribution in [3.8, 4) is 5.75 Å². The van der Waals surface area contributed by atoms with Crippen LogP contribution in [-0.2, 0) is 11.3 Å². The molecule has 0 bridgehead atoms. The first-order valence-electron chi connectivity index (χ1n) is 4.79. The summed E-state index contributed by atoms with van der Waals surface area (Å²) >= 11 is 0. The molecule has 0 saturated heterocycles. The molecule has 80 valence electrons. The number of allylic oxidation sites excluding steroid dienone is 1. The highest BCUT2D eigenvalue weighted by atomic mass is 16.3. The van der Waals surface area contributed by atoms with Gasteiger partial charge in [-0.05, 0) is 19.9 Å². The lowest BCUT2D eigenvalue weighted by Gasteiger charge is -2.04. The average molecular weight is 205 g/mol. The van der Waals surface area contributed by atoms with E-state index in [0.29, 0.717) is 12.1 Å². The zero-order valence-corrected chi connectivity index (χ0v) is 8.95. The first kappa shape index (κ1) is 11.3. The molecule has 1 amide bonds. The second-order valence-electron chi connectivity index (χ2n) is 3.57. The quantitative estimate of drug-likeness (QED) is 0.741. The van der Waals surface area contributed by atoms with Gasteiger partial charge in [-0.25, -0.2) is 0 Å². The standard InChI is InChI=1S/C12H15NO2/c1-9(2)7-12(15)13-8-10-5-3-4-6-11(10)14/h3-7,14H,8H2,1-2H3,(H,13,15). The molecule has 0 fully saturated rings. The third kappa shape index (κ3) is 3.85. The van der Waals surface area contributed by atoms with Crippen LogP contribution in [0.4, 0.5) is 0 Å². The van der Waals surface area contributed by atoms with E-state index in [1.54, 1.807) is 18.2 Å². The maximum absolute atomic E-state index is 11.3. The highest BCUT2D eigenvalue weighted by molar-refractivity contribution is 5.88. The van der Waals surface area contributed by atoms with Crippen molar-refractivity contribution < 1.29 is 9.90 Å². The van der Waals surface area contributed by atoms with Gasteiger partial charge in [0.25, 0.3) is 0 Å². The Morgan fingerprint density at radius 2 is 2.07 bits per heavy atom. The third-order valence-corrected chi connectivity index (χ3v) is 1.86. The maximum Gasteiger partial charge on any atom is 0.244 e. The van der Waals surface area contributed by atoms with E-state index in [1.807, 2.05) is 19.9 Å². The normalized spacial score (nSPS) is 9.47. The van der Waals surface area contributed by atoms with Gasteiger partial charge >= 0.3 is 0 Å². The van der Waals surface area contributed by atoms with E-state index in [4.69, 9.17) is 0 Å². The Labute approximate surface area is 89.4 Å². The van der Waals surface area contributed by atoms with Crippen LogP contribution in [0.25, 0.3) is 0 Å². The number of phenols is 1. The fourth-order valence-electron chi connectivity index (χ4n) is 1.16. The summed E-state index contributed by atoms with van der Waals surface area (Å²) in [5, 5.41) is 12.1. The number of amides is 1.